The maximum atomic E-state index is 12.8. The molecule has 2 rings (SSSR count). The average Bonchev–Trinajstić information content (AvgIpc) is 2.91. The van der Waals surface area contributed by atoms with Gasteiger partial charge in [-0.2, -0.15) is 5.26 Å². The number of hydrogen-bond donors (Lipinski definition) is 0. The number of carbonyl (C=O) groups excluding carboxylic acids is 1. The molecule has 0 spiro atoms. The molecular formula is C15H13FN2O2S. The molecule has 1 atom stereocenters. The van der Waals surface area contributed by atoms with E-state index in [0.717, 1.165) is 5.56 Å². The summed E-state index contributed by atoms with van der Waals surface area (Å²) in [7, 11) is 0. The number of aryl methyl sites for hydroxylation is 1. The van der Waals surface area contributed by atoms with Crippen LogP contribution in [0.4, 0.5) is 4.39 Å². The third-order valence-corrected chi connectivity index (χ3v) is 3.83. The predicted octanol–water partition coefficient (Wildman–Crippen LogP) is 3.13. The summed E-state index contributed by atoms with van der Waals surface area (Å²) in [6.45, 7) is 1.73. The van der Waals surface area contributed by atoms with Crippen molar-refractivity contribution in [3.8, 4) is 6.07 Å². The molecule has 0 radical (unpaired) electrons. The van der Waals surface area contributed by atoms with Gasteiger partial charge in [0.2, 0.25) is 0 Å². The molecule has 0 saturated carbocycles. The SMILES string of the molecule is Cc1ncsc1C(=O)OCC(C#N)Cc1ccc(F)cc1. The van der Waals surface area contributed by atoms with E-state index in [2.05, 4.69) is 11.1 Å². The van der Waals surface area contributed by atoms with Crippen LogP contribution in [0, 0.1) is 30.0 Å². The molecular weight excluding hydrogens is 291 g/mol. The Kier molecular flexibility index (Phi) is 5.01. The number of carbonyl (C=O) groups is 1. The Hall–Kier alpha value is -2.26. The summed E-state index contributed by atoms with van der Waals surface area (Å²) < 4.78 is 18.0. The number of rotatable bonds is 5. The van der Waals surface area contributed by atoms with Gasteiger partial charge in [-0.15, -0.1) is 11.3 Å². The number of nitriles is 1. The molecule has 0 fully saturated rings. The van der Waals surface area contributed by atoms with Gasteiger partial charge in [-0.3, -0.25) is 0 Å². The number of ether oxygens (including phenoxy) is 1. The Balaban J connectivity index is 1.91. The zero-order valence-corrected chi connectivity index (χ0v) is 12.2. The normalized spacial score (nSPS) is 11.7. The number of hydrogen-bond acceptors (Lipinski definition) is 5. The van der Waals surface area contributed by atoms with Crippen LogP contribution >= 0.6 is 11.3 Å². The first-order chi connectivity index (χ1) is 10.1. The number of thiazole rings is 1. The highest BCUT2D eigenvalue weighted by Gasteiger charge is 2.16. The minimum Gasteiger partial charge on any atom is -0.460 e. The maximum absolute atomic E-state index is 12.8. The van der Waals surface area contributed by atoms with E-state index < -0.39 is 11.9 Å². The first-order valence-electron chi connectivity index (χ1n) is 6.31. The van der Waals surface area contributed by atoms with Crippen LogP contribution in [0.1, 0.15) is 20.9 Å². The molecule has 0 aliphatic carbocycles. The van der Waals surface area contributed by atoms with Gasteiger partial charge in [-0.05, 0) is 31.0 Å². The van der Waals surface area contributed by atoms with E-state index in [4.69, 9.17) is 10.00 Å². The van der Waals surface area contributed by atoms with E-state index in [0.29, 0.717) is 17.0 Å². The molecule has 0 aliphatic rings. The third-order valence-electron chi connectivity index (χ3n) is 2.92. The lowest BCUT2D eigenvalue weighted by molar-refractivity contribution is 0.0473. The minimum atomic E-state index is -0.465. The van der Waals surface area contributed by atoms with Crippen LogP contribution in [0.25, 0.3) is 0 Å². The molecule has 1 unspecified atom stereocenters. The van der Waals surface area contributed by atoms with Gasteiger partial charge in [0, 0.05) is 0 Å². The van der Waals surface area contributed by atoms with E-state index in [1.807, 2.05) is 0 Å². The molecule has 0 bridgehead atoms. The molecule has 0 amide bonds. The van der Waals surface area contributed by atoms with Gasteiger partial charge in [-0.1, -0.05) is 12.1 Å². The van der Waals surface area contributed by atoms with E-state index in [1.54, 1.807) is 24.6 Å². The van der Waals surface area contributed by atoms with Gasteiger partial charge in [-0.25, -0.2) is 14.2 Å². The number of aromatic nitrogens is 1. The van der Waals surface area contributed by atoms with Crippen LogP contribution in [-0.2, 0) is 11.2 Å². The van der Waals surface area contributed by atoms with E-state index in [-0.39, 0.29) is 12.4 Å². The molecule has 0 saturated heterocycles. The minimum absolute atomic E-state index is 0.00402. The summed E-state index contributed by atoms with van der Waals surface area (Å²) in [5.74, 6) is -1.25. The first-order valence-corrected chi connectivity index (χ1v) is 7.19. The number of benzene rings is 1. The standard InChI is InChI=1S/C15H13FN2O2S/c1-10-14(21-9-18-10)15(19)20-8-12(7-17)6-11-2-4-13(16)5-3-11/h2-5,9,12H,6,8H2,1H3. The van der Waals surface area contributed by atoms with Gasteiger partial charge < -0.3 is 4.74 Å². The lowest BCUT2D eigenvalue weighted by atomic mass is 10.0. The Morgan fingerprint density at radius 3 is 2.76 bits per heavy atom. The smallest absolute Gasteiger partial charge is 0.350 e. The van der Waals surface area contributed by atoms with E-state index in [9.17, 15) is 9.18 Å². The maximum Gasteiger partial charge on any atom is 0.350 e. The zero-order chi connectivity index (χ0) is 15.2. The van der Waals surface area contributed by atoms with Crippen LogP contribution < -0.4 is 0 Å². The fourth-order valence-corrected chi connectivity index (χ4v) is 2.48. The van der Waals surface area contributed by atoms with Gasteiger partial charge in [0.1, 0.15) is 17.3 Å². The summed E-state index contributed by atoms with van der Waals surface area (Å²) >= 11 is 1.21. The largest absolute Gasteiger partial charge is 0.460 e. The van der Waals surface area contributed by atoms with Crippen molar-refractivity contribution in [1.82, 2.24) is 4.98 Å². The van der Waals surface area contributed by atoms with Crippen molar-refractivity contribution >= 4 is 17.3 Å². The summed E-state index contributed by atoms with van der Waals surface area (Å²) in [4.78, 5) is 16.3. The number of nitrogens with zero attached hydrogens (tertiary/aromatic N) is 2. The predicted molar refractivity (Wildman–Crippen MR) is 76.3 cm³/mol. The Labute approximate surface area is 125 Å². The van der Waals surface area contributed by atoms with Crippen molar-refractivity contribution in [2.45, 2.75) is 13.3 Å². The second-order valence-corrected chi connectivity index (χ2v) is 5.38. The first kappa shape index (κ1) is 15.1. The lowest BCUT2D eigenvalue weighted by Gasteiger charge is -2.10. The molecule has 2 aromatic rings. The third kappa shape index (κ3) is 4.10. The Morgan fingerprint density at radius 2 is 2.19 bits per heavy atom. The quantitative estimate of drug-likeness (QED) is 0.796. The van der Waals surface area contributed by atoms with Crippen molar-refractivity contribution in [2.24, 2.45) is 5.92 Å². The number of halogens is 1. The zero-order valence-electron chi connectivity index (χ0n) is 11.4. The molecule has 0 N–H and O–H groups in total. The monoisotopic (exact) mass is 304 g/mol. The summed E-state index contributed by atoms with van der Waals surface area (Å²) in [6.07, 6.45) is 0.408. The molecule has 0 aliphatic heterocycles. The highest BCUT2D eigenvalue weighted by molar-refractivity contribution is 7.11. The summed E-state index contributed by atoms with van der Waals surface area (Å²) in [6, 6.07) is 8.02. The Morgan fingerprint density at radius 1 is 1.48 bits per heavy atom. The molecule has 21 heavy (non-hydrogen) atoms. The fourth-order valence-electron chi connectivity index (χ4n) is 1.79. The van der Waals surface area contributed by atoms with Crippen molar-refractivity contribution in [3.63, 3.8) is 0 Å². The average molecular weight is 304 g/mol. The highest BCUT2D eigenvalue weighted by Crippen LogP contribution is 2.15. The topological polar surface area (TPSA) is 63.0 Å². The molecule has 4 nitrogen and oxygen atoms in total. The molecule has 1 heterocycles. The Bertz CT molecular complexity index is 661. The van der Waals surface area contributed by atoms with Crippen LogP contribution in [0.3, 0.4) is 0 Å². The molecule has 108 valence electrons. The fraction of sp³-hybridized carbons (Fsp3) is 0.267. The van der Waals surface area contributed by atoms with Crippen LogP contribution in [0.15, 0.2) is 29.8 Å². The van der Waals surface area contributed by atoms with Crippen LogP contribution in [-0.4, -0.2) is 17.6 Å². The summed E-state index contributed by atoms with van der Waals surface area (Å²) in [5, 5.41) is 9.11. The van der Waals surface area contributed by atoms with Gasteiger partial charge in [0.05, 0.1) is 23.2 Å². The van der Waals surface area contributed by atoms with Crippen molar-refractivity contribution in [1.29, 1.82) is 5.26 Å². The van der Waals surface area contributed by atoms with Crippen molar-refractivity contribution < 1.29 is 13.9 Å². The van der Waals surface area contributed by atoms with E-state index in [1.165, 1.54) is 23.5 Å². The molecule has 1 aromatic carbocycles. The summed E-state index contributed by atoms with van der Waals surface area (Å²) in [5.41, 5.74) is 3.02. The van der Waals surface area contributed by atoms with Crippen LogP contribution in [0.2, 0.25) is 0 Å². The highest BCUT2D eigenvalue weighted by atomic mass is 32.1. The van der Waals surface area contributed by atoms with Gasteiger partial charge >= 0.3 is 5.97 Å². The van der Waals surface area contributed by atoms with Crippen molar-refractivity contribution in [2.75, 3.05) is 6.61 Å². The second-order valence-electron chi connectivity index (χ2n) is 4.52. The molecule has 6 heteroatoms. The van der Waals surface area contributed by atoms with Gasteiger partial charge in [0.15, 0.2) is 0 Å². The number of esters is 1. The van der Waals surface area contributed by atoms with Crippen LogP contribution in [0.5, 0.6) is 0 Å². The lowest BCUT2D eigenvalue weighted by Crippen LogP contribution is -2.15. The van der Waals surface area contributed by atoms with Crippen molar-refractivity contribution in [3.05, 3.63) is 51.7 Å². The van der Waals surface area contributed by atoms with Gasteiger partial charge in [0.25, 0.3) is 0 Å². The molecule has 1 aromatic heterocycles. The van der Waals surface area contributed by atoms with E-state index >= 15 is 0 Å². The second kappa shape index (κ2) is 6.95.